The lowest BCUT2D eigenvalue weighted by Gasteiger charge is -2.00. The Morgan fingerprint density at radius 2 is 2.00 bits per heavy atom. The highest BCUT2D eigenvalue weighted by Crippen LogP contribution is 2.11. The number of aromatic nitrogens is 4. The standard InChI is InChI=1S/C8H8BrN5/c1-5-2-7(10)14(13-5)8-11-3-6(9)4-12-8/h2-4H,10H2,1H3. The van der Waals surface area contributed by atoms with Crippen molar-refractivity contribution in [3.8, 4) is 5.95 Å². The Balaban J connectivity index is 2.49. The van der Waals surface area contributed by atoms with Crippen LogP contribution < -0.4 is 5.73 Å². The molecule has 0 aromatic carbocycles. The van der Waals surface area contributed by atoms with Gasteiger partial charge >= 0.3 is 0 Å². The van der Waals surface area contributed by atoms with Gasteiger partial charge in [-0.25, -0.2) is 9.97 Å². The fraction of sp³-hybridized carbons (Fsp3) is 0.125. The first-order valence-corrected chi connectivity index (χ1v) is 4.76. The average Bonchev–Trinajstić information content (AvgIpc) is 2.47. The van der Waals surface area contributed by atoms with Gasteiger partial charge in [0, 0.05) is 18.5 Å². The van der Waals surface area contributed by atoms with E-state index in [0.717, 1.165) is 10.2 Å². The lowest BCUT2D eigenvalue weighted by atomic mass is 10.5. The second kappa shape index (κ2) is 3.38. The minimum Gasteiger partial charge on any atom is -0.383 e. The van der Waals surface area contributed by atoms with E-state index in [0.29, 0.717) is 11.8 Å². The molecule has 2 N–H and O–H groups in total. The summed E-state index contributed by atoms with van der Waals surface area (Å²) in [6, 6.07) is 1.77. The van der Waals surface area contributed by atoms with Gasteiger partial charge in [0.1, 0.15) is 5.82 Å². The zero-order valence-electron chi connectivity index (χ0n) is 7.48. The van der Waals surface area contributed by atoms with Gasteiger partial charge in [-0.05, 0) is 22.9 Å². The number of nitrogen functional groups attached to an aromatic ring is 1. The Hall–Kier alpha value is -1.43. The Morgan fingerprint density at radius 1 is 1.36 bits per heavy atom. The number of hydrogen-bond acceptors (Lipinski definition) is 4. The summed E-state index contributed by atoms with van der Waals surface area (Å²) in [5.41, 5.74) is 6.56. The zero-order chi connectivity index (χ0) is 10.1. The van der Waals surface area contributed by atoms with E-state index in [1.54, 1.807) is 18.5 Å². The van der Waals surface area contributed by atoms with Crippen LogP contribution in [0, 0.1) is 6.92 Å². The summed E-state index contributed by atoms with van der Waals surface area (Å²) in [6.07, 6.45) is 3.30. The molecule has 0 spiro atoms. The summed E-state index contributed by atoms with van der Waals surface area (Å²) < 4.78 is 2.32. The third-order valence-corrected chi connectivity index (χ3v) is 2.06. The maximum Gasteiger partial charge on any atom is 0.252 e. The number of hydrogen-bond donors (Lipinski definition) is 1. The zero-order valence-corrected chi connectivity index (χ0v) is 9.06. The molecule has 0 aliphatic heterocycles. The number of nitrogens with zero attached hydrogens (tertiary/aromatic N) is 4. The fourth-order valence-corrected chi connectivity index (χ4v) is 1.30. The average molecular weight is 254 g/mol. The summed E-state index contributed by atoms with van der Waals surface area (Å²) in [5, 5.41) is 4.16. The van der Waals surface area contributed by atoms with Crippen molar-refractivity contribution < 1.29 is 0 Å². The summed E-state index contributed by atoms with van der Waals surface area (Å²) in [4.78, 5) is 8.17. The largest absolute Gasteiger partial charge is 0.383 e. The summed E-state index contributed by atoms with van der Waals surface area (Å²) in [6.45, 7) is 1.87. The molecule has 14 heavy (non-hydrogen) atoms. The third-order valence-electron chi connectivity index (χ3n) is 1.66. The minimum atomic E-state index is 0.471. The fourth-order valence-electron chi connectivity index (χ4n) is 1.09. The van der Waals surface area contributed by atoms with Crippen LogP contribution in [0.1, 0.15) is 5.69 Å². The van der Waals surface area contributed by atoms with Gasteiger partial charge in [-0.2, -0.15) is 9.78 Å². The van der Waals surface area contributed by atoms with Crippen LogP contribution in [0.15, 0.2) is 22.9 Å². The van der Waals surface area contributed by atoms with Crippen LogP contribution in [0.4, 0.5) is 5.82 Å². The molecule has 0 aliphatic rings. The molecule has 0 fully saturated rings. The Labute approximate surface area is 89.1 Å². The molecule has 0 bridgehead atoms. The number of aryl methyl sites for hydroxylation is 1. The topological polar surface area (TPSA) is 69.6 Å². The van der Waals surface area contributed by atoms with Gasteiger partial charge in [0.15, 0.2) is 0 Å². The first-order chi connectivity index (χ1) is 6.66. The van der Waals surface area contributed by atoms with Gasteiger partial charge in [-0.3, -0.25) is 0 Å². The molecule has 2 heterocycles. The second-order valence-electron chi connectivity index (χ2n) is 2.82. The van der Waals surface area contributed by atoms with Crippen molar-refractivity contribution in [2.24, 2.45) is 0 Å². The lowest BCUT2D eigenvalue weighted by Crippen LogP contribution is -2.05. The van der Waals surface area contributed by atoms with Crippen LogP contribution >= 0.6 is 15.9 Å². The van der Waals surface area contributed by atoms with E-state index in [2.05, 4.69) is 31.0 Å². The first kappa shape index (κ1) is 9.14. The van der Waals surface area contributed by atoms with Crippen LogP contribution in [0.2, 0.25) is 0 Å². The summed E-state index contributed by atoms with van der Waals surface area (Å²) in [7, 11) is 0. The van der Waals surface area contributed by atoms with Crippen molar-refractivity contribution in [2.45, 2.75) is 6.92 Å². The highest BCUT2D eigenvalue weighted by molar-refractivity contribution is 9.10. The molecule has 5 nitrogen and oxygen atoms in total. The molecule has 72 valence electrons. The molecule has 0 atom stereocenters. The predicted molar refractivity (Wildman–Crippen MR) is 56.0 cm³/mol. The molecule has 2 rings (SSSR count). The minimum absolute atomic E-state index is 0.471. The molecular formula is C8H8BrN5. The van der Waals surface area contributed by atoms with Crippen molar-refractivity contribution in [2.75, 3.05) is 5.73 Å². The second-order valence-corrected chi connectivity index (χ2v) is 3.74. The van der Waals surface area contributed by atoms with E-state index in [-0.39, 0.29) is 0 Å². The summed E-state index contributed by atoms with van der Waals surface area (Å²) >= 11 is 3.26. The van der Waals surface area contributed by atoms with E-state index in [1.807, 2.05) is 6.92 Å². The Kier molecular flexibility index (Phi) is 2.20. The first-order valence-electron chi connectivity index (χ1n) is 3.97. The van der Waals surface area contributed by atoms with Crippen LogP contribution in [0.3, 0.4) is 0 Å². The molecule has 0 saturated carbocycles. The van der Waals surface area contributed by atoms with Crippen LogP contribution in [-0.4, -0.2) is 19.7 Å². The number of anilines is 1. The van der Waals surface area contributed by atoms with Gasteiger partial charge in [0.25, 0.3) is 5.95 Å². The molecule has 0 aliphatic carbocycles. The molecule has 0 saturated heterocycles. The molecule has 2 aromatic heterocycles. The van der Waals surface area contributed by atoms with E-state index >= 15 is 0 Å². The Bertz CT molecular complexity index is 447. The SMILES string of the molecule is Cc1cc(N)n(-c2ncc(Br)cn2)n1. The van der Waals surface area contributed by atoms with Crippen LogP contribution in [0.5, 0.6) is 0 Å². The normalized spacial score (nSPS) is 10.4. The van der Waals surface area contributed by atoms with Crippen LogP contribution in [0.25, 0.3) is 5.95 Å². The van der Waals surface area contributed by atoms with Crippen molar-refractivity contribution in [3.63, 3.8) is 0 Å². The van der Waals surface area contributed by atoms with E-state index in [4.69, 9.17) is 5.73 Å². The van der Waals surface area contributed by atoms with Crippen molar-refractivity contribution in [1.29, 1.82) is 0 Å². The van der Waals surface area contributed by atoms with Crippen LogP contribution in [-0.2, 0) is 0 Å². The van der Waals surface area contributed by atoms with Gasteiger partial charge in [0.05, 0.1) is 10.2 Å². The quantitative estimate of drug-likeness (QED) is 0.833. The smallest absolute Gasteiger partial charge is 0.252 e. The van der Waals surface area contributed by atoms with Gasteiger partial charge in [0.2, 0.25) is 0 Å². The number of halogens is 1. The molecular weight excluding hydrogens is 246 g/mol. The molecule has 0 amide bonds. The molecule has 0 radical (unpaired) electrons. The lowest BCUT2D eigenvalue weighted by molar-refractivity contribution is 0.804. The van der Waals surface area contributed by atoms with E-state index in [9.17, 15) is 0 Å². The number of nitrogens with two attached hydrogens (primary N) is 1. The van der Waals surface area contributed by atoms with Gasteiger partial charge in [-0.15, -0.1) is 0 Å². The molecule has 2 aromatic rings. The van der Waals surface area contributed by atoms with Gasteiger partial charge < -0.3 is 5.73 Å². The predicted octanol–water partition coefficient (Wildman–Crippen LogP) is 1.32. The maximum atomic E-state index is 5.72. The Morgan fingerprint density at radius 3 is 2.50 bits per heavy atom. The van der Waals surface area contributed by atoms with E-state index in [1.165, 1.54) is 4.68 Å². The third kappa shape index (κ3) is 1.60. The maximum absolute atomic E-state index is 5.72. The molecule has 0 unspecified atom stereocenters. The van der Waals surface area contributed by atoms with Crippen molar-refractivity contribution in [3.05, 3.63) is 28.6 Å². The summed E-state index contributed by atoms with van der Waals surface area (Å²) in [5.74, 6) is 1.00. The highest BCUT2D eigenvalue weighted by Gasteiger charge is 2.05. The molecule has 6 heteroatoms. The van der Waals surface area contributed by atoms with E-state index < -0.39 is 0 Å². The van der Waals surface area contributed by atoms with Crippen molar-refractivity contribution >= 4 is 21.7 Å². The van der Waals surface area contributed by atoms with Crippen molar-refractivity contribution in [1.82, 2.24) is 19.7 Å². The van der Waals surface area contributed by atoms with Gasteiger partial charge in [-0.1, -0.05) is 0 Å². The highest BCUT2D eigenvalue weighted by atomic mass is 79.9. The number of rotatable bonds is 1. The monoisotopic (exact) mass is 253 g/mol.